The van der Waals surface area contributed by atoms with Crippen molar-refractivity contribution in [3.63, 3.8) is 0 Å². The van der Waals surface area contributed by atoms with Crippen LogP contribution in [0.5, 0.6) is 11.5 Å². The predicted octanol–water partition coefficient (Wildman–Crippen LogP) is 6.54. The highest BCUT2D eigenvalue weighted by atomic mass is 127. The Morgan fingerprint density at radius 2 is 1.28 bits per heavy atom. The molecule has 0 saturated carbocycles. The molecule has 0 heterocycles. The predicted molar refractivity (Wildman–Crippen MR) is 172 cm³/mol. The van der Waals surface area contributed by atoms with Gasteiger partial charge in [-0.3, -0.25) is 14.4 Å². The molecule has 3 rings (SSSR count). The second-order valence-corrected chi connectivity index (χ2v) is 10.5. The Labute approximate surface area is 269 Å². The molecular weight excluding hydrogens is 739 g/mol. The minimum Gasteiger partial charge on any atom is -0.480 e. The zero-order chi connectivity index (χ0) is 32.5. The number of benzene rings is 3. The Morgan fingerprint density at radius 1 is 0.767 bits per heavy atom. The molecule has 0 aromatic heterocycles. The number of hydrogen-bond donors (Lipinski definition) is 3. The van der Waals surface area contributed by atoms with Crippen LogP contribution in [0, 0.1) is 10.5 Å². The quantitative estimate of drug-likeness (QED) is 0.0754. The van der Waals surface area contributed by atoms with Crippen molar-refractivity contribution in [2.75, 3.05) is 0 Å². The first-order valence-electron chi connectivity index (χ1n) is 12.2. The van der Waals surface area contributed by atoms with Crippen LogP contribution in [0.1, 0.15) is 40.9 Å². The highest BCUT2D eigenvalue weighted by Crippen LogP contribution is 2.33. The third kappa shape index (κ3) is 15.5. The maximum Gasteiger partial charge on any atom is 0.328 e. The first-order chi connectivity index (χ1) is 20.2. The molecule has 0 bridgehead atoms. The van der Waals surface area contributed by atoms with Crippen molar-refractivity contribution in [1.82, 2.24) is 0 Å². The largest absolute Gasteiger partial charge is 0.480 e. The fourth-order valence-electron chi connectivity index (χ4n) is 3.04. The average molecular weight is 767 g/mol. The van der Waals surface area contributed by atoms with E-state index in [0.29, 0.717) is 11.1 Å². The zero-order valence-corrected chi connectivity index (χ0v) is 26.9. The maximum atomic E-state index is 11.1. The summed E-state index contributed by atoms with van der Waals surface area (Å²) in [7, 11) is 0. The zero-order valence-electron chi connectivity index (χ0n) is 23.2. The van der Waals surface area contributed by atoms with Crippen LogP contribution in [0.2, 0.25) is 0 Å². The lowest BCUT2D eigenvalue weighted by atomic mass is 10.1. The van der Waals surface area contributed by atoms with Gasteiger partial charge in [0, 0.05) is 29.6 Å². The first-order valence-corrected chi connectivity index (χ1v) is 14.2. The van der Waals surface area contributed by atoms with Gasteiger partial charge in [-0.25, -0.2) is 9.59 Å². The van der Waals surface area contributed by atoms with E-state index in [1.54, 1.807) is 31.2 Å². The Bertz CT molecular complexity index is 1480. The second-order valence-electron chi connectivity index (χ2n) is 8.36. The van der Waals surface area contributed by atoms with Gasteiger partial charge in [0.15, 0.2) is 11.5 Å². The van der Waals surface area contributed by atoms with E-state index in [9.17, 15) is 24.0 Å². The number of alkyl halides is 1. The molecule has 3 aromatic rings. The smallest absolute Gasteiger partial charge is 0.328 e. The SMILES string of the molecule is CC(=O)Oc1cc(C=CC(=O)O)cc(C)c1OC(C)=O.O=C(O)C(Br)c1ccccc1.O=C(O)C=Cc1ccc(I)cc1. The summed E-state index contributed by atoms with van der Waals surface area (Å²) in [5.41, 5.74) is 2.72. The van der Waals surface area contributed by atoms with Crippen LogP contribution in [0.25, 0.3) is 12.2 Å². The number of carboxylic acid groups (broad SMARTS) is 3. The van der Waals surface area contributed by atoms with Crippen LogP contribution in [-0.4, -0.2) is 45.2 Å². The molecule has 43 heavy (non-hydrogen) atoms. The third-order valence-electron chi connectivity index (χ3n) is 4.78. The van der Waals surface area contributed by atoms with Gasteiger partial charge in [-0.05, 0) is 88.2 Å². The van der Waals surface area contributed by atoms with Crippen molar-refractivity contribution in [2.24, 2.45) is 0 Å². The van der Waals surface area contributed by atoms with Crippen molar-refractivity contribution in [3.05, 3.63) is 105 Å². The van der Waals surface area contributed by atoms with E-state index in [1.807, 2.05) is 42.5 Å². The molecule has 0 amide bonds. The average Bonchev–Trinajstić information content (AvgIpc) is 2.93. The third-order valence-corrected chi connectivity index (χ3v) is 6.42. The van der Waals surface area contributed by atoms with Crippen molar-refractivity contribution >= 4 is 80.5 Å². The van der Waals surface area contributed by atoms with Crippen molar-refractivity contribution in [2.45, 2.75) is 25.6 Å². The lowest BCUT2D eigenvalue weighted by molar-refractivity contribution is -0.136. The van der Waals surface area contributed by atoms with Gasteiger partial charge in [0.25, 0.3) is 0 Å². The van der Waals surface area contributed by atoms with Gasteiger partial charge >= 0.3 is 29.8 Å². The number of ether oxygens (including phenoxy) is 2. The van der Waals surface area contributed by atoms with E-state index >= 15 is 0 Å². The molecule has 10 nitrogen and oxygen atoms in total. The summed E-state index contributed by atoms with van der Waals surface area (Å²) in [6.45, 7) is 4.10. The fraction of sp³-hybridized carbons (Fsp3) is 0.129. The van der Waals surface area contributed by atoms with E-state index in [4.69, 9.17) is 24.8 Å². The number of rotatable bonds is 8. The van der Waals surface area contributed by atoms with Crippen LogP contribution in [0.15, 0.2) is 78.9 Å². The summed E-state index contributed by atoms with van der Waals surface area (Å²) < 4.78 is 11.1. The first kappa shape index (κ1) is 36.7. The number of carbonyl (C=O) groups excluding carboxylic acids is 2. The summed E-state index contributed by atoms with van der Waals surface area (Å²) in [6, 6.07) is 19.7. The highest BCUT2D eigenvalue weighted by molar-refractivity contribution is 14.1. The van der Waals surface area contributed by atoms with Gasteiger partial charge in [-0.15, -0.1) is 0 Å². The second kappa shape index (κ2) is 19.0. The van der Waals surface area contributed by atoms with Crippen molar-refractivity contribution in [1.29, 1.82) is 0 Å². The molecule has 1 unspecified atom stereocenters. The van der Waals surface area contributed by atoms with Gasteiger partial charge in [0.1, 0.15) is 4.83 Å². The van der Waals surface area contributed by atoms with E-state index in [-0.39, 0.29) is 11.5 Å². The number of esters is 2. The maximum absolute atomic E-state index is 11.1. The molecular formula is C31H28BrIO10. The summed E-state index contributed by atoms with van der Waals surface area (Å²) in [5, 5.41) is 25.5. The minimum absolute atomic E-state index is 0.0674. The molecule has 0 saturated heterocycles. The summed E-state index contributed by atoms with van der Waals surface area (Å²) in [5.74, 6) is -3.80. The molecule has 1 atom stereocenters. The standard InChI is InChI=1S/C14H14O6.C9H7IO2.C8H7BrO2/c1-8-6-11(4-5-13(17)18)7-12(19-9(2)15)14(8)20-10(3)16;10-8-4-1-7(2-5-8)3-6-9(11)12;9-7(8(10)11)6-4-2-1-3-5-6/h4-7H,1-3H3,(H,17,18);1-6H,(H,11,12);1-5,7H,(H,10,11). The van der Waals surface area contributed by atoms with Crippen LogP contribution in [0.3, 0.4) is 0 Å². The molecule has 0 aliphatic rings. The minimum atomic E-state index is -1.10. The number of aryl methyl sites for hydroxylation is 1. The molecule has 0 fully saturated rings. The van der Waals surface area contributed by atoms with Crippen molar-refractivity contribution in [3.8, 4) is 11.5 Å². The van der Waals surface area contributed by atoms with Crippen molar-refractivity contribution < 1.29 is 48.8 Å². The highest BCUT2D eigenvalue weighted by Gasteiger charge is 2.15. The summed E-state index contributed by atoms with van der Waals surface area (Å²) >= 11 is 5.25. The van der Waals surface area contributed by atoms with Gasteiger partial charge in [-0.2, -0.15) is 0 Å². The van der Waals surface area contributed by atoms with Crippen LogP contribution >= 0.6 is 38.5 Å². The van der Waals surface area contributed by atoms with Gasteiger partial charge in [-0.1, -0.05) is 58.4 Å². The molecule has 0 radical (unpaired) electrons. The monoisotopic (exact) mass is 766 g/mol. The lowest BCUT2D eigenvalue weighted by Gasteiger charge is -2.12. The Kier molecular flexibility index (Phi) is 16.2. The molecule has 3 N–H and O–H groups in total. The fourth-order valence-corrected chi connectivity index (χ4v) is 3.71. The van der Waals surface area contributed by atoms with Crippen LogP contribution in [0.4, 0.5) is 0 Å². The Morgan fingerprint density at radius 3 is 1.74 bits per heavy atom. The molecule has 3 aromatic carbocycles. The van der Waals surface area contributed by atoms with Gasteiger partial charge < -0.3 is 24.8 Å². The number of aliphatic carboxylic acids is 3. The molecule has 0 aliphatic heterocycles. The Hall–Kier alpha value is -4.30. The van der Waals surface area contributed by atoms with E-state index in [0.717, 1.165) is 26.8 Å². The molecule has 0 aliphatic carbocycles. The lowest BCUT2D eigenvalue weighted by Crippen LogP contribution is -2.08. The summed E-state index contributed by atoms with van der Waals surface area (Å²) in [6.07, 6.45) is 5.00. The van der Waals surface area contributed by atoms with E-state index < -0.39 is 34.7 Å². The van der Waals surface area contributed by atoms with Gasteiger partial charge in [0.05, 0.1) is 0 Å². The Balaban J connectivity index is 0.000000344. The molecule has 12 heteroatoms. The molecule has 0 spiro atoms. The van der Waals surface area contributed by atoms with Crippen LogP contribution < -0.4 is 9.47 Å². The number of hydrogen-bond acceptors (Lipinski definition) is 7. The van der Waals surface area contributed by atoms with E-state index in [1.165, 1.54) is 26.0 Å². The number of carboxylic acids is 3. The number of halogens is 2. The topological polar surface area (TPSA) is 164 Å². The van der Waals surface area contributed by atoms with Gasteiger partial charge in [0.2, 0.25) is 0 Å². The van der Waals surface area contributed by atoms with Crippen LogP contribution in [-0.2, 0) is 24.0 Å². The number of carbonyl (C=O) groups is 5. The summed E-state index contributed by atoms with van der Waals surface area (Å²) in [4.78, 5) is 52.6. The molecule has 226 valence electrons. The van der Waals surface area contributed by atoms with E-state index in [2.05, 4.69) is 38.5 Å². The normalized spacial score (nSPS) is 10.9.